The van der Waals surface area contributed by atoms with Gasteiger partial charge in [-0.25, -0.2) is 4.79 Å². The summed E-state index contributed by atoms with van der Waals surface area (Å²) in [4.78, 5) is 11.6. The molecule has 1 aromatic carbocycles. The third kappa shape index (κ3) is 4.24. The molecule has 1 aromatic rings. The first-order valence-electron chi connectivity index (χ1n) is 7.28. The van der Waals surface area contributed by atoms with E-state index in [1.165, 1.54) is 19.1 Å². The molecule has 3 nitrogen and oxygen atoms in total. The van der Waals surface area contributed by atoms with Crippen LogP contribution in [0.25, 0.3) is 0 Å². The van der Waals surface area contributed by atoms with Crippen molar-refractivity contribution in [2.45, 2.75) is 26.7 Å². The first-order chi connectivity index (χ1) is 9.99. The average Bonchev–Trinajstić information content (AvgIpc) is 2.44. The summed E-state index contributed by atoms with van der Waals surface area (Å²) in [7, 11) is 1.38. The lowest BCUT2D eigenvalue weighted by molar-refractivity contribution is 0.0601. The van der Waals surface area contributed by atoms with Crippen LogP contribution in [0.4, 0.5) is 5.69 Å². The van der Waals surface area contributed by atoms with E-state index in [9.17, 15) is 4.79 Å². The smallest absolute Gasteiger partial charge is 0.337 e. The molecule has 2 unspecified atom stereocenters. The third-order valence-corrected chi connectivity index (χ3v) is 4.18. The van der Waals surface area contributed by atoms with Gasteiger partial charge < -0.3 is 10.1 Å². The van der Waals surface area contributed by atoms with Crippen LogP contribution in [0, 0.1) is 11.8 Å². The molecular formula is C17H22ClNO2. The van der Waals surface area contributed by atoms with Gasteiger partial charge >= 0.3 is 5.97 Å². The summed E-state index contributed by atoms with van der Waals surface area (Å²) < 4.78 is 4.74. The van der Waals surface area contributed by atoms with Gasteiger partial charge in [-0.3, -0.25) is 0 Å². The minimum Gasteiger partial charge on any atom is -0.465 e. The maximum Gasteiger partial charge on any atom is 0.337 e. The van der Waals surface area contributed by atoms with E-state index in [1.807, 2.05) is 0 Å². The Balaban J connectivity index is 2.03. The quantitative estimate of drug-likeness (QED) is 0.656. The third-order valence-electron chi connectivity index (χ3n) is 3.85. The molecule has 0 radical (unpaired) electrons. The van der Waals surface area contributed by atoms with E-state index in [0.717, 1.165) is 18.7 Å². The number of carbonyl (C=O) groups excluding carboxylic acids is 1. The number of benzene rings is 1. The average molecular weight is 308 g/mol. The van der Waals surface area contributed by atoms with Crippen LogP contribution in [0.1, 0.15) is 37.0 Å². The van der Waals surface area contributed by atoms with E-state index in [2.05, 4.69) is 25.2 Å². The number of esters is 1. The normalized spacial score (nSPS) is 21.6. The summed E-state index contributed by atoms with van der Waals surface area (Å²) in [5, 5.41) is 4.00. The molecule has 0 fully saturated rings. The molecule has 0 amide bonds. The summed E-state index contributed by atoms with van der Waals surface area (Å²) in [6.45, 7) is 5.30. The Hall–Kier alpha value is -1.48. The van der Waals surface area contributed by atoms with Gasteiger partial charge in [-0.15, -0.1) is 0 Å². The molecule has 0 aromatic heterocycles. The number of hydrogen-bond acceptors (Lipinski definition) is 3. The van der Waals surface area contributed by atoms with Gasteiger partial charge in [0.15, 0.2) is 0 Å². The molecular weight excluding hydrogens is 286 g/mol. The molecule has 0 aliphatic heterocycles. The number of allylic oxidation sites excluding steroid dienone is 2. The van der Waals surface area contributed by atoms with Crippen molar-refractivity contribution in [3.8, 4) is 0 Å². The lowest BCUT2D eigenvalue weighted by Crippen LogP contribution is -2.20. The van der Waals surface area contributed by atoms with Crippen LogP contribution in [-0.4, -0.2) is 19.6 Å². The van der Waals surface area contributed by atoms with Crippen LogP contribution in [0.2, 0.25) is 5.02 Å². The number of anilines is 1. The fraction of sp³-hybridized carbons (Fsp3) is 0.471. The number of nitrogens with one attached hydrogen (secondary N) is 1. The Morgan fingerprint density at radius 2 is 2.24 bits per heavy atom. The van der Waals surface area contributed by atoms with Crippen molar-refractivity contribution >= 4 is 23.3 Å². The topological polar surface area (TPSA) is 38.3 Å². The standard InChI is InChI=1S/C17H22ClNO2/c1-11-6-12(2)8-13(7-11)10-19-16-9-14(17(20)21-3)4-5-15(16)18/h4-6,9,11,13,19H,7-8,10H2,1-3H3. The second kappa shape index (κ2) is 6.99. The van der Waals surface area contributed by atoms with Crippen molar-refractivity contribution in [1.82, 2.24) is 0 Å². The number of carbonyl (C=O) groups is 1. The monoisotopic (exact) mass is 307 g/mol. The zero-order valence-electron chi connectivity index (χ0n) is 12.8. The summed E-state index contributed by atoms with van der Waals surface area (Å²) >= 11 is 6.19. The molecule has 21 heavy (non-hydrogen) atoms. The summed E-state index contributed by atoms with van der Waals surface area (Å²) in [6.07, 6.45) is 4.64. The number of hydrogen-bond donors (Lipinski definition) is 1. The van der Waals surface area contributed by atoms with Crippen LogP contribution in [-0.2, 0) is 4.74 Å². The molecule has 2 atom stereocenters. The van der Waals surface area contributed by atoms with Crippen LogP contribution in [0.3, 0.4) is 0 Å². The highest BCUT2D eigenvalue weighted by Gasteiger charge is 2.18. The molecule has 0 spiro atoms. The Morgan fingerprint density at radius 3 is 2.90 bits per heavy atom. The van der Waals surface area contributed by atoms with Gasteiger partial charge in [-0.1, -0.05) is 30.2 Å². The summed E-state index contributed by atoms with van der Waals surface area (Å²) in [5.41, 5.74) is 2.76. The number of methoxy groups -OCH3 is 1. The van der Waals surface area contributed by atoms with Crippen LogP contribution >= 0.6 is 11.6 Å². The molecule has 2 rings (SSSR count). The minimum absolute atomic E-state index is 0.347. The maximum atomic E-state index is 11.6. The lowest BCUT2D eigenvalue weighted by atomic mass is 9.84. The van der Waals surface area contributed by atoms with Crippen molar-refractivity contribution in [3.63, 3.8) is 0 Å². The summed E-state index contributed by atoms with van der Waals surface area (Å²) in [5.74, 6) is 0.880. The van der Waals surface area contributed by atoms with Crippen LogP contribution < -0.4 is 5.32 Å². The minimum atomic E-state index is -0.347. The Kier molecular flexibility index (Phi) is 5.29. The predicted molar refractivity (Wildman–Crippen MR) is 86.9 cm³/mol. The largest absolute Gasteiger partial charge is 0.465 e. The predicted octanol–water partition coefficient (Wildman–Crippen LogP) is 4.53. The molecule has 1 N–H and O–H groups in total. The maximum absolute atomic E-state index is 11.6. The molecule has 1 aliphatic carbocycles. The van der Waals surface area contributed by atoms with E-state index in [0.29, 0.717) is 22.4 Å². The van der Waals surface area contributed by atoms with Crippen molar-refractivity contribution in [1.29, 1.82) is 0 Å². The van der Waals surface area contributed by atoms with Gasteiger partial charge in [0, 0.05) is 6.54 Å². The Morgan fingerprint density at radius 1 is 1.48 bits per heavy atom. The molecule has 114 valence electrons. The first kappa shape index (κ1) is 15.9. The molecule has 0 bridgehead atoms. The fourth-order valence-corrected chi connectivity index (χ4v) is 3.19. The number of ether oxygens (including phenoxy) is 1. The number of rotatable bonds is 4. The van der Waals surface area contributed by atoms with Gasteiger partial charge in [0.25, 0.3) is 0 Å². The SMILES string of the molecule is COC(=O)c1ccc(Cl)c(NCC2CC(C)=CC(C)C2)c1. The zero-order valence-corrected chi connectivity index (χ0v) is 13.5. The first-order valence-corrected chi connectivity index (χ1v) is 7.66. The summed E-state index contributed by atoms with van der Waals surface area (Å²) in [6, 6.07) is 5.16. The van der Waals surface area contributed by atoms with Gasteiger partial charge in [0.2, 0.25) is 0 Å². The van der Waals surface area contributed by atoms with Gasteiger partial charge in [0.1, 0.15) is 0 Å². The van der Waals surface area contributed by atoms with Crippen molar-refractivity contribution in [2.75, 3.05) is 19.0 Å². The van der Waals surface area contributed by atoms with Crippen molar-refractivity contribution in [3.05, 3.63) is 40.4 Å². The number of halogens is 1. The molecule has 0 saturated heterocycles. The van der Waals surface area contributed by atoms with E-state index < -0.39 is 0 Å². The molecule has 0 heterocycles. The lowest BCUT2D eigenvalue weighted by Gasteiger charge is -2.26. The highest BCUT2D eigenvalue weighted by atomic mass is 35.5. The van der Waals surface area contributed by atoms with E-state index >= 15 is 0 Å². The molecule has 1 aliphatic rings. The van der Waals surface area contributed by atoms with Crippen molar-refractivity contribution < 1.29 is 9.53 Å². The molecule has 0 saturated carbocycles. The van der Waals surface area contributed by atoms with E-state index in [1.54, 1.807) is 18.2 Å². The van der Waals surface area contributed by atoms with Crippen LogP contribution in [0.15, 0.2) is 29.8 Å². The highest BCUT2D eigenvalue weighted by Crippen LogP contribution is 2.29. The molecule has 4 heteroatoms. The van der Waals surface area contributed by atoms with E-state index in [-0.39, 0.29) is 5.97 Å². The van der Waals surface area contributed by atoms with E-state index in [4.69, 9.17) is 16.3 Å². The van der Waals surface area contributed by atoms with Gasteiger partial charge in [-0.2, -0.15) is 0 Å². The fourth-order valence-electron chi connectivity index (χ4n) is 3.00. The highest BCUT2D eigenvalue weighted by molar-refractivity contribution is 6.33. The van der Waals surface area contributed by atoms with Crippen LogP contribution in [0.5, 0.6) is 0 Å². The van der Waals surface area contributed by atoms with Gasteiger partial charge in [-0.05, 0) is 49.8 Å². The second-order valence-electron chi connectivity index (χ2n) is 5.86. The van der Waals surface area contributed by atoms with Gasteiger partial charge in [0.05, 0.1) is 23.4 Å². The van der Waals surface area contributed by atoms with Crippen molar-refractivity contribution in [2.24, 2.45) is 11.8 Å². The Bertz CT molecular complexity index is 554. The second-order valence-corrected chi connectivity index (χ2v) is 6.27. The Labute approximate surface area is 131 Å². The zero-order chi connectivity index (χ0) is 15.4.